The summed E-state index contributed by atoms with van der Waals surface area (Å²) in [5, 5.41) is 7.84. The number of methoxy groups -OCH3 is 1. The Hall–Kier alpha value is -0.420. The fourth-order valence-corrected chi connectivity index (χ4v) is 2.63. The van der Waals surface area contributed by atoms with E-state index in [0.717, 1.165) is 38.8 Å². The van der Waals surface area contributed by atoms with E-state index in [2.05, 4.69) is 27.0 Å². The molecule has 1 aliphatic rings. The van der Waals surface area contributed by atoms with Gasteiger partial charge in [-0.05, 0) is 35.2 Å². The first-order valence-corrected chi connectivity index (χ1v) is 7.29. The van der Waals surface area contributed by atoms with Crippen molar-refractivity contribution < 1.29 is 4.74 Å². The van der Waals surface area contributed by atoms with Gasteiger partial charge in [0.15, 0.2) is 0 Å². The van der Waals surface area contributed by atoms with E-state index in [-0.39, 0.29) is 0 Å². The zero-order chi connectivity index (χ0) is 11.9. The van der Waals surface area contributed by atoms with E-state index in [9.17, 15) is 0 Å². The van der Waals surface area contributed by atoms with Crippen LogP contribution in [0.15, 0.2) is 16.8 Å². The second kappa shape index (κ2) is 7.11. The predicted octanol–water partition coefficient (Wildman–Crippen LogP) is 1.95. The van der Waals surface area contributed by atoms with Crippen molar-refractivity contribution in [2.24, 2.45) is 0 Å². The molecule has 0 saturated heterocycles. The van der Waals surface area contributed by atoms with Gasteiger partial charge in [0.05, 0.1) is 6.61 Å². The Balaban J connectivity index is 1.66. The maximum Gasteiger partial charge on any atom is 0.0587 e. The molecule has 1 N–H and O–H groups in total. The maximum absolute atomic E-state index is 5.02. The minimum atomic E-state index is 0.800. The Morgan fingerprint density at radius 2 is 2.35 bits per heavy atom. The Kier molecular flexibility index (Phi) is 5.45. The molecule has 1 aliphatic carbocycles. The molecule has 96 valence electrons. The molecule has 2 rings (SSSR count). The summed E-state index contributed by atoms with van der Waals surface area (Å²) < 4.78 is 5.02. The zero-order valence-corrected chi connectivity index (χ0v) is 11.3. The predicted molar refractivity (Wildman–Crippen MR) is 72.5 cm³/mol. The highest BCUT2D eigenvalue weighted by Crippen LogP contribution is 2.28. The van der Waals surface area contributed by atoms with Crippen LogP contribution >= 0.6 is 11.3 Å². The molecule has 1 heterocycles. The molecule has 0 aliphatic heterocycles. The van der Waals surface area contributed by atoms with Crippen LogP contribution in [-0.2, 0) is 11.3 Å². The van der Waals surface area contributed by atoms with Crippen LogP contribution in [0.2, 0.25) is 0 Å². The fraction of sp³-hybridized carbons (Fsp3) is 0.692. The van der Waals surface area contributed by atoms with Crippen LogP contribution in [0.5, 0.6) is 0 Å². The minimum absolute atomic E-state index is 0.800. The van der Waals surface area contributed by atoms with Crippen LogP contribution in [-0.4, -0.2) is 44.3 Å². The van der Waals surface area contributed by atoms with Crippen molar-refractivity contribution in [1.29, 1.82) is 0 Å². The second-order valence-electron chi connectivity index (χ2n) is 4.58. The van der Waals surface area contributed by atoms with Crippen molar-refractivity contribution in [3.05, 3.63) is 22.4 Å². The van der Waals surface area contributed by atoms with Gasteiger partial charge in [0.25, 0.3) is 0 Å². The normalized spacial score (nSPS) is 15.6. The summed E-state index contributed by atoms with van der Waals surface area (Å²) in [4.78, 5) is 2.60. The average Bonchev–Trinajstić information content (AvgIpc) is 3.06. The third kappa shape index (κ3) is 4.76. The standard InChI is InChI=1S/C13H22N2OS/c1-16-8-6-14-5-7-15(13-2-3-13)10-12-4-9-17-11-12/h4,9,11,13-14H,2-3,5-8,10H2,1H3. The van der Waals surface area contributed by atoms with Gasteiger partial charge in [0, 0.05) is 39.3 Å². The summed E-state index contributed by atoms with van der Waals surface area (Å²) in [5.74, 6) is 0. The van der Waals surface area contributed by atoms with Crippen molar-refractivity contribution in [3.8, 4) is 0 Å². The van der Waals surface area contributed by atoms with Crippen molar-refractivity contribution >= 4 is 11.3 Å². The minimum Gasteiger partial charge on any atom is -0.383 e. The Morgan fingerprint density at radius 3 is 3.00 bits per heavy atom. The third-order valence-electron chi connectivity index (χ3n) is 3.09. The van der Waals surface area contributed by atoms with Crippen molar-refractivity contribution in [1.82, 2.24) is 10.2 Å². The molecule has 0 radical (unpaired) electrons. The van der Waals surface area contributed by atoms with Gasteiger partial charge >= 0.3 is 0 Å². The SMILES string of the molecule is COCCNCCN(Cc1ccsc1)C1CC1. The molecule has 1 aromatic rings. The van der Waals surface area contributed by atoms with Crippen LogP contribution in [0, 0.1) is 0 Å². The Morgan fingerprint density at radius 1 is 1.47 bits per heavy atom. The molecule has 0 spiro atoms. The molecular weight excluding hydrogens is 232 g/mol. The summed E-state index contributed by atoms with van der Waals surface area (Å²) >= 11 is 1.79. The monoisotopic (exact) mass is 254 g/mol. The van der Waals surface area contributed by atoms with Crippen molar-refractivity contribution in [2.45, 2.75) is 25.4 Å². The highest BCUT2D eigenvalue weighted by Gasteiger charge is 2.28. The van der Waals surface area contributed by atoms with Gasteiger partial charge in [0.1, 0.15) is 0 Å². The van der Waals surface area contributed by atoms with E-state index in [1.807, 2.05) is 0 Å². The number of thiophene rings is 1. The molecule has 0 aromatic carbocycles. The molecule has 1 saturated carbocycles. The van der Waals surface area contributed by atoms with Gasteiger partial charge in [-0.1, -0.05) is 0 Å². The highest BCUT2D eigenvalue weighted by atomic mass is 32.1. The summed E-state index contributed by atoms with van der Waals surface area (Å²) in [6.07, 6.45) is 2.75. The van der Waals surface area contributed by atoms with Gasteiger partial charge in [0.2, 0.25) is 0 Å². The van der Waals surface area contributed by atoms with E-state index in [1.54, 1.807) is 18.4 Å². The third-order valence-corrected chi connectivity index (χ3v) is 3.82. The smallest absolute Gasteiger partial charge is 0.0587 e. The first kappa shape index (κ1) is 13.0. The average molecular weight is 254 g/mol. The molecule has 0 atom stereocenters. The summed E-state index contributed by atoms with van der Waals surface area (Å²) in [7, 11) is 1.74. The van der Waals surface area contributed by atoms with Crippen LogP contribution in [0.4, 0.5) is 0 Å². The van der Waals surface area contributed by atoms with Crippen LogP contribution in [0.3, 0.4) is 0 Å². The summed E-state index contributed by atoms with van der Waals surface area (Å²) in [6.45, 7) is 5.07. The lowest BCUT2D eigenvalue weighted by molar-refractivity contribution is 0.195. The molecule has 3 nitrogen and oxygen atoms in total. The number of hydrogen-bond donors (Lipinski definition) is 1. The largest absolute Gasteiger partial charge is 0.383 e. The van der Waals surface area contributed by atoms with Gasteiger partial charge in [-0.3, -0.25) is 4.90 Å². The van der Waals surface area contributed by atoms with E-state index < -0.39 is 0 Å². The van der Waals surface area contributed by atoms with Crippen LogP contribution in [0.1, 0.15) is 18.4 Å². The molecule has 0 amide bonds. The Bertz CT molecular complexity index is 298. The second-order valence-corrected chi connectivity index (χ2v) is 5.36. The van der Waals surface area contributed by atoms with Gasteiger partial charge in [-0.25, -0.2) is 0 Å². The summed E-state index contributed by atoms with van der Waals surface area (Å²) in [6, 6.07) is 3.07. The number of ether oxygens (including phenoxy) is 1. The lowest BCUT2D eigenvalue weighted by Crippen LogP contribution is -2.34. The molecule has 17 heavy (non-hydrogen) atoms. The lowest BCUT2D eigenvalue weighted by atomic mass is 10.3. The van der Waals surface area contributed by atoms with Gasteiger partial charge < -0.3 is 10.1 Å². The maximum atomic E-state index is 5.02. The van der Waals surface area contributed by atoms with Gasteiger partial charge in [-0.15, -0.1) is 0 Å². The van der Waals surface area contributed by atoms with E-state index in [4.69, 9.17) is 4.74 Å². The summed E-state index contributed by atoms with van der Waals surface area (Å²) in [5.41, 5.74) is 1.46. The number of nitrogens with zero attached hydrogens (tertiary/aromatic N) is 1. The highest BCUT2D eigenvalue weighted by molar-refractivity contribution is 7.07. The van der Waals surface area contributed by atoms with Crippen molar-refractivity contribution in [2.75, 3.05) is 33.4 Å². The van der Waals surface area contributed by atoms with E-state index >= 15 is 0 Å². The van der Waals surface area contributed by atoms with Crippen molar-refractivity contribution in [3.63, 3.8) is 0 Å². The Labute approximate surface area is 108 Å². The molecule has 0 unspecified atom stereocenters. The van der Waals surface area contributed by atoms with Gasteiger partial charge in [-0.2, -0.15) is 11.3 Å². The molecule has 1 fully saturated rings. The molecular formula is C13H22N2OS. The van der Waals surface area contributed by atoms with Crippen LogP contribution in [0.25, 0.3) is 0 Å². The lowest BCUT2D eigenvalue weighted by Gasteiger charge is -2.21. The van der Waals surface area contributed by atoms with E-state index in [0.29, 0.717) is 0 Å². The molecule has 1 aromatic heterocycles. The molecule has 4 heteroatoms. The number of hydrogen-bond acceptors (Lipinski definition) is 4. The van der Waals surface area contributed by atoms with E-state index in [1.165, 1.54) is 18.4 Å². The van der Waals surface area contributed by atoms with Crippen LogP contribution < -0.4 is 5.32 Å². The number of rotatable bonds is 9. The topological polar surface area (TPSA) is 24.5 Å². The first-order valence-electron chi connectivity index (χ1n) is 6.35. The molecule has 0 bridgehead atoms. The quantitative estimate of drug-likeness (QED) is 0.682. The number of nitrogens with one attached hydrogen (secondary N) is 1. The first-order chi connectivity index (χ1) is 8.40. The zero-order valence-electron chi connectivity index (χ0n) is 10.5. The fourth-order valence-electron chi connectivity index (χ4n) is 1.97.